The SMILES string of the molecule is O=C(c1cccc(Cl)c1)c1ccc(Cl)c(Cl)c1. The summed E-state index contributed by atoms with van der Waals surface area (Å²) in [5.41, 5.74) is 1.01. The van der Waals surface area contributed by atoms with Crippen LogP contribution in [0.1, 0.15) is 15.9 Å². The number of hydrogen-bond acceptors (Lipinski definition) is 1. The average Bonchev–Trinajstić information content (AvgIpc) is 2.32. The second-order valence-corrected chi connectivity index (χ2v) is 4.72. The van der Waals surface area contributed by atoms with Crippen LogP contribution in [0.3, 0.4) is 0 Å². The Balaban J connectivity index is 2.40. The lowest BCUT2D eigenvalue weighted by molar-refractivity contribution is 0.103. The van der Waals surface area contributed by atoms with Crippen LogP contribution in [0.15, 0.2) is 42.5 Å². The molecule has 2 rings (SSSR count). The largest absolute Gasteiger partial charge is 0.289 e. The summed E-state index contributed by atoms with van der Waals surface area (Å²) in [7, 11) is 0. The van der Waals surface area contributed by atoms with E-state index >= 15 is 0 Å². The van der Waals surface area contributed by atoms with Gasteiger partial charge in [-0.2, -0.15) is 0 Å². The van der Waals surface area contributed by atoms with Crippen LogP contribution in [0.5, 0.6) is 0 Å². The third-order valence-electron chi connectivity index (χ3n) is 2.27. The van der Waals surface area contributed by atoms with Crippen molar-refractivity contribution in [3.63, 3.8) is 0 Å². The van der Waals surface area contributed by atoms with Gasteiger partial charge in [0.15, 0.2) is 5.78 Å². The molecule has 2 aromatic carbocycles. The van der Waals surface area contributed by atoms with Gasteiger partial charge in [-0.1, -0.05) is 46.9 Å². The molecule has 0 bridgehead atoms. The molecule has 86 valence electrons. The summed E-state index contributed by atoms with van der Waals surface area (Å²) in [6.45, 7) is 0. The van der Waals surface area contributed by atoms with Gasteiger partial charge in [0, 0.05) is 16.1 Å². The highest BCUT2D eigenvalue weighted by molar-refractivity contribution is 6.42. The van der Waals surface area contributed by atoms with E-state index in [0.717, 1.165) is 0 Å². The number of hydrogen-bond donors (Lipinski definition) is 0. The molecule has 0 radical (unpaired) electrons. The minimum Gasteiger partial charge on any atom is -0.289 e. The monoisotopic (exact) mass is 284 g/mol. The van der Waals surface area contributed by atoms with Gasteiger partial charge in [0.05, 0.1) is 10.0 Å². The third-order valence-corrected chi connectivity index (χ3v) is 3.24. The van der Waals surface area contributed by atoms with Crippen LogP contribution in [0.4, 0.5) is 0 Å². The Kier molecular flexibility index (Phi) is 3.72. The maximum absolute atomic E-state index is 12.1. The summed E-state index contributed by atoms with van der Waals surface area (Å²) in [4.78, 5) is 12.1. The van der Waals surface area contributed by atoms with E-state index in [-0.39, 0.29) is 5.78 Å². The second-order valence-electron chi connectivity index (χ2n) is 3.47. The van der Waals surface area contributed by atoms with Crippen molar-refractivity contribution in [3.8, 4) is 0 Å². The van der Waals surface area contributed by atoms with Crippen molar-refractivity contribution in [2.45, 2.75) is 0 Å². The van der Waals surface area contributed by atoms with Gasteiger partial charge >= 0.3 is 0 Å². The number of carbonyl (C=O) groups is 1. The molecule has 0 N–H and O–H groups in total. The van der Waals surface area contributed by atoms with Crippen molar-refractivity contribution in [2.24, 2.45) is 0 Å². The Morgan fingerprint density at radius 1 is 0.824 bits per heavy atom. The first-order chi connectivity index (χ1) is 8.08. The molecule has 0 amide bonds. The Labute approximate surface area is 114 Å². The van der Waals surface area contributed by atoms with Gasteiger partial charge in [0.1, 0.15) is 0 Å². The lowest BCUT2D eigenvalue weighted by Gasteiger charge is -2.03. The van der Waals surface area contributed by atoms with Gasteiger partial charge in [-0.3, -0.25) is 4.79 Å². The van der Waals surface area contributed by atoms with Crippen LogP contribution in [-0.4, -0.2) is 5.78 Å². The summed E-state index contributed by atoms with van der Waals surface area (Å²) in [6.07, 6.45) is 0. The van der Waals surface area contributed by atoms with Crippen LogP contribution < -0.4 is 0 Å². The summed E-state index contributed by atoms with van der Waals surface area (Å²) >= 11 is 17.5. The fourth-order valence-electron chi connectivity index (χ4n) is 1.43. The third kappa shape index (κ3) is 2.81. The van der Waals surface area contributed by atoms with Crippen molar-refractivity contribution in [1.29, 1.82) is 0 Å². The number of ketones is 1. The molecule has 0 atom stereocenters. The van der Waals surface area contributed by atoms with E-state index in [2.05, 4.69) is 0 Å². The summed E-state index contributed by atoms with van der Waals surface area (Å²) in [6, 6.07) is 11.6. The normalized spacial score (nSPS) is 10.3. The van der Waals surface area contributed by atoms with Gasteiger partial charge in [0.25, 0.3) is 0 Å². The minimum absolute atomic E-state index is 0.133. The molecule has 0 heterocycles. The molecule has 17 heavy (non-hydrogen) atoms. The molecule has 0 aliphatic carbocycles. The molecular weight excluding hydrogens is 279 g/mol. The molecule has 4 heteroatoms. The van der Waals surface area contributed by atoms with E-state index < -0.39 is 0 Å². The second kappa shape index (κ2) is 5.09. The fraction of sp³-hybridized carbons (Fsp3) is 0. The average molecular weight is 286 g/mol. The Hall–Kier alpha value is -1.02. The molecule has 0 aliphatic heterocycles. The van der Waals surface area contributed by atoms with Crippen molar-refractivity contribution < 1.29 is 4.79 Å². The van der Waals surface area contributed by atoms with Gasteiger partial charge in [0.2, 0.25) is 0 Å². The zero-order valence-electron chi connectivity index (χ0n) is 8.58. The first kappa shape index (κ1) is 12.4. The molecule has 1 nitrogen and oxygen atoms in total. The molecule has 0 saturated carbocycles. The zero-order valence-corrected chi connectivity index (χ0v) is 10.9. The van der Waals surface area contributed by atoms with Crippen molar-refractivity contribution in [2.75, 3.05) is 0 Å². The van der Waals surface area contributed by atoms with E-state index in [1.807, 2.05) is 0 Å². The molecule has 0 saturated heterocycles. The van der Waals surface area contributed by atoms with Crippen molar-refractivity contribution in [3.05, 3.63) is 68.7 Å². The molecule has 0 aromatic heterocycles. The number of halogens is 3. The first-order valence-electron chi connectivity index (χ1n) is 4.83. The molecule has 0 fully saturated rings. The molecule has 2 aromatic rings. The lowest BCUT2D eigenvalue weighted by Crippen LogP contribution is -2.00. The smallest absolute Gasteiger partial charge is 0.193 e. The van der Waals surface area contributed by atoms with Crippen LogP contribution in [0.25, 0.3) is 0 Å². The highest BCUT2D eigenvalue weighted by atomic mass is 35.5. The van der Waals surface area contributed by atoms with Gasteiger partial charge in [-0.15, -0.1) is 0 Å². The molecule has 0 spiro atoms. The standard InChI is InChI=1S/C13H7Cl3O/c14-10-3-1-2-8(6-10)13(17)9-4-5-11(15)12(16)7-9/h1-7H. The van der Waals surface area contributed by atoms with E-state index in [1.165, 1.54) is 0 Å². The number of rotatable bonds is 2. The summed E-state index contributed by atoms with van der Waals surface area (Å²) in [5.74, 6) is -0.133. The molecular formula is C13H7Cl3O. The van der Waals surface area contributed by atoms with Crippen LogP contribution in [0.2, 0.25) is 15.1 Å². The minimum atomic E-state index is -0.133. The maximum Gasteiger partial charge on any atom is 0.193 e. The van der Waals surface area contributed by atoms with E-state index in [1.54, 1.807) is 42.5 Å². The first-order valence-corrected chi connectivity index (χ1v) is 5.96. The molecule has 0 aliphatic rings. The predicted molar refractivity (Wildman–Crippen MR) is 71.3 cm³/mol. The quantitative estimate of drug-likeness (QED) is 0.719. The van der Waals surface area contributed by atoms with Crippen LogP contribution in [-0.2, 0) is 0 Å². The highest BCUT2D eigenvalue weighted by Gasteiger charge is 2.10. The molecule has 0 unspecified atom stereocenters. The van der Waals surface area contributed by atoms with E-state index in [4.69, 9.17) is 34.8 Å². The van der Waals surface area contributed by atoms with Crippen molar-refractivity contribution in [1.82, 2.24) is 0 Å². The Morgan fingerprint density at radius 2 is 1.53 bits per heavy atom. The van der Waals surface area contributed by atoms with Gasteiger partial charge < -0.3 is 0 Å². The topological polar surface area (TPSA) is 17.1 Å². The summed E-state index contributed by atoms with van der Waals surface area (Å²) in [5, 5.41) is 1.31. The Morgan fingerprint density at radius 3 is 2.18 bits per heavy atom. The van der Waals surface area contributed by atoms with E-state index in [0.29, 0.717) is 26.2 Å². The highest BCUT2D eigenvalue weighted by Crippen LogP contribution is 2.24. The number of carbonyl (C=O) groups excluding carboxylic acids is 1. The van der Waals surface area contributed by atoms with Crippen LogP contribution >= 0.6 is 34.8 Å². The van der Waals surface area contributed by atoms with Crippen molar-refractivity contribution >= 4 is 40.6 Å². The van der Waals surface area contributed by atoms with E-state index in [9.17, 15) is 4.79 Å². The number of benzene rings is 2. The zero-order chi connectivity index (χ0) is 12.4. The maximum atomic E-state index is 12.1. The lowest BCUT2D eigenvalue weighted by atomic mass is 10.0. The fourth-order valence-corrected chi connectivity index (χ4v) is 1.92. The van der Waals surface area contributed by atoms with Gasteiger partial charge in [-0.25, -0.2) is 0 Å². The van der Waals surface area contributed by atoms with Gasteiger partial charge in [-0.05, 0) is 30.3 Å². The summed E-state index contributed by atoms with van der Waals surface area (Å²) < 4.78 is 0. The predicted octanol–water partition coefficient (Wildman–Crippen LogP) is 4.88. The Bertz CT molecular complexity index is 579. The van der Waals surface area contributed by atoms with Crippen LogP contribution in [0, 0.1) is 0 Å².